The molecule has 0 aromatic rings. The highest BCUT2D eigenvalue weighted by atomic mass is 32.2. The molecule has 0 radical (unpaired) electrons. The second-order valence-corrected chi connectivity index (χ2v) is 11.0. The first-order chi connectivity index (χ1) is 13.2. The summed E-state index contributed by atoms with van der Waals surface area (Å²) in [6.45, 7) is 1.24. The Morgan fingerprint density at radius 3 is 2.04 bits per heavy atom. The maximum Gasteiger partial charge on any atom is 0.0795 e. The Morgan fingerprint density at radius 2 is 1.50 bits per heavy atom. The minimum absolute atomic E-state index is 0.129. The average molecular weight is 443 g/mol. The van der Waals surface area contributed by atoms with E-state index in [1.807, 2.05) is 0 Å². The van der Waals surface area contributed by atoms with Crippen molar-refractivity contribution in [3.63, 3.8) is 0 Å². The van der Waals surface area contributed by atoms with Crippen LogP contribution >= 0.6 is 23.5 Å². The standard InChI is InChI=1S/C19H38O7S2/c1-13(11-20)18(25)8-14(22)7-17(26-2)10-19(27-4-3-5-28-19)9-15(23)6-16(24)12-21/h13-18,20-25H,3-12H2,1-2H3/t13-,14-,15-,16+,17-,18+/m0/s1. The third-order valence-corrected chi connectivity index (χ3v) is 8.60. The van der Waals surface area contributed by atoms with Crippen LogP contribution in [0, 0.1) is 5.92 Å². The minimum Gasteiger partial charge on any atom is -0.396 e. The van der Waals surface area contributed by atoms with E-state index >= 15 is 0 Å². The molecule has 1 heterocycles. The van der Waals surface area contributed by atoms with Crippen molar-refractivity contribution >= 4 is 23.5 Å². The number of aliphatic hydroxyl groups excluding tert-OH is 6. The molecule has 6 N–H and O–H groups in total. The van der Waals surface area contributed by atoms with Gasteiger partial charge < -0.3 is 35.4 Å². The number of thioether (sulfide) groups is 2. The SMILES string of the molecule is CO[C@@H](C[C@H](O)C[C@@H](O)[C@@H](C)CO)CC1(C[C@@H](O)C[C@@H](O)CO)SCCCS1. The molecule has 28 heavy (non-hydrogen) atoms. The highest BCUT2D eigenvalue weighted by molar-refractivity contribution is 8.18. The number of rotatable bonds is 14. The fraction of sp³-hybridized carbons (Fsp3) is 1.00. The molecule has 0 aromatic heterocycles. The van der Waals surface area contributed by atoms with Crippen LogP contribution in [0.15, 0.2) is 0 Å². The molecule has 0 amide bonds. The molecule has 0 unspecified atom stereocenters. The summed E-state index contributed by atoms with van der Waals surface area (Å²) < 4.78 is 5.34. The van der Waals surface area contributed by atoms with E-state index < -0.39 is 24.4 Å². The molecule has 168 valence electrons. The van der Waals surface area contributed by atoms with E-state index in [9.17, 15) is 20.4 Å². The number of ether oxygens (including phenoxy) is 1. The van der Waals surface area contributed by atoms with Crippen molar-refractivity contribution in [3.05, 3.63) is 0 Å². The highest BCUT2D eigenvalue weighted by Crippen LogP contribution is 2.49. The van der Waals surface area contributed by atoms with E-state index in [0.717, 1.165) is 17.9 Å². The zero-order chi connectivity index (χ0) is 21.2. The Morgan fingerprint density at radius 1 is 0.857 bits per heavy atom. The van der Waals surface area contributed by atoms with Crippen molar-refractivity contribution in [2.45, 2.75) is 80.0 Å². The topological polar surface area (TPSA) is 131 Å². The molecule has 0 aliphatic carbocycles. The van der Waals surface area contributed by atoms with Gasteiger partial charge in [0, 0.05) is 26.1 Å². The summed E-state index contributed by atoms with van der Waals surface area (Å²) in [7, 11) is 1.60. The fourth-order valence-electron chi connectivity index (χ4n) is 3.41. The molecule has 1 aliphatic rings. The lowest BCUT2D eigenvalue weighted by molar-refractivity contribution is -0.00475. The predicted octanol–water partition coefficient (Wildman–Crippen LogP) is 0.583. The molecule has 0 bridgehead atoms. The maximum absolute atomic E-state index is 10.4. The van der Waals surface area contributed by atoms with Crippen LogP contribution in [0.4, 0.5) is 0 Å². The van der Waals surface area contributed by atoms with Gasteiger partial charge in [-0.15, -0.1) is 23.5 Å². The summed E-state index contributed by atoms with van der Waals surface area (Å²) in [5, 5.41) is 58.5. The molecule has 0 aromatic carbocycles. The van der Waals surface area contributed by atoms with Gasteiger partial charge in [0.25, 0.3) is 0 Å². The largest absolute Gasteiger partial charge is 0.396 e. The molecule has 1 aliphatic heterocycles. The van der Waals surface area contributed by atoms with Gasteiger partial charge in [-0.2, -0.15) is 0 Å². The third kappa shape index (κ3) is 9.49. The maximum atomic E-state index is 10.4. The van der Waals surface area contributed by atoms with Gasteiger partial charge in [0.05, 0.1) is 41.2 Å². The van der Waals surface area contributed by atoms with Gasteiger partial charge in [-0.3, -0.25) is 0 Å². The molecule has 1 fully saturated rings. The summed E-state index contributed by atoms with van der Waals surface area (Å²) in [4.78, 5) is 0. The second kappa shape index (κ2) is 13.7. The van der Waals surface area contributed by atoms with Crippen molar-refractivity contribution in [1.29, 1.82) is 0 Å². The zero-order valence-corrected chi connectivity index (χ0v) is 18.6. The van der Waals surface area contributed by atoms with Crippen LogP contribution in [0.2, 0.25) is 0 Å². The highest BCUT2D eigenvalue weighted by Gasteiger charge is 2.39. The first-order valence-corrected chi connectivity index (χ1v) is 12.0. The number of hydrogen-bond acceptors (Lipinski definition) is 9. The van der Waals surface area contributed by atoms with E-state index in [0.29, 0.717) is 19.3 Å². The molecule has 1 saturated heterocycles. The van der Waals surface area contributed by atoms with Crippen molar-refractivity contribution in [2.24, 2.45) is 5.92 Å². The van der Waals surface area contributed by atoms with Gasteiger partial charge >= 0.3 is 0 Å². The number of hydrogen-bond donors (Lipinski definition) is 6. The molecule has 6 atom stereocenters. The van der Waals surface area contributed by atoms with Crippen LogP contribution in [0.25, 0.3) is 0 Å². The predicted molar refractivity (Wildman–Crippen MR) is 114 cm³/mol. The van der Waals surface area contributed by atoms with Gasteiger partial charge in [0.15, 0.2) is 0 Å². The van der Waals surface area contributed by atoms with Crippen molar-refractivity contribution in [2.75, 3.05) is 31.8 Å². The van der Waals surface area contributed by atoms with Gasteiger partial charge in [-0.05, 0) is 43.6 Å². The smallest absolute Gasteiger partial charge is 0.0795 e. The molecular formula is C19H38O7S2. The van der Waals surface area contributed by atoms with E-state index in [4.69, 9.17) is 14.9 Å². The number of methoxy groups -OCH3 is 1. The van der Waals surface area contributed by atoms with E-state index in [-0.39, 0.29) is 42.2 Å². The molecule has 1 rings (SSSR count). The second-order valence-electron chi connectivity index (χ2n) is 7.81. The Labute approximate surface area is 176 Å². The summed E-state index contributed by atoms with van der Waals surface area (Å²) in [6.07, 6.45) is -0.534. The lowest BCUT2D eigenvalue weighted by Crippen LogP contribution is -2.37. The normalized spacial score (nSPS) is 23.6. The van der Waals surface area contributed by atoms with E-state index in [2.05, 4.69) is 0 Å². The Hall–Kier alpha value is 0.420. The average Bonchev–Trinajstić information content (AvgIpc) is 2.66. The minimum atomic E-state index is -0.930. The third-order valence-electron chi connectivity index (χ3n) is 5.19. The van der Waals surface area contributed by atoms with E-state index in [1.165, 1.54) is 0 Å². The first kappa shape index (κ1) is 26.5. The van der Waals surface area contributed by atoms with Crippen LogP contribution in [0.1, 0.15) is 45.4 Å². The lowest BCUT2D eigenvalue weighted by Gasteiger charge is -2.40. The molecule has 0 spiro atoms. The van der Waals surface area contributed by atoms with Crippen LogP contribution < -0.4 is 0 Å². The van der Waals surface area contributed by atoms with Gasteiger partial charge in [0.1, 0.15) is 0 Å². The Balaban J connectivity index is 2.68. The summed E-state index contributed by atoms with van der Waals surface area (Å²) in [6, 6.07) is 0. The van der Waals surface area contributed by atoms with Gasteiger partial charge in [0.2, 0.25) is 0 Å². The van der Waals surface area contributed by atoms with Crippen LogP contribution in [0.5, 0.6) is 0 Å². The summed E-state index contributed by atoms with van der Waals surface area (Å²) >= 11 is 3.56. The van der Waals surface area contributed by atoms with Crippen molar-refractivity contribution in [3.8, 4) is 0 Å². The number of aliphatic hydroxyl groups is 6. The zero-order valence-electron chi connectivity index (χ0n) is 16.9. The van der Waals surface area contributed by atoms with Crippen LogP contribution in [-0.2, 0) is 4.74 Å². The quantitative estimate of drug-likeness (QED) is 0.229. The lowest BCUT2D eigenvalue weighted by atomic mass is 9.95. The van der Waals surface area contributed by atoms with Crippen molar-refractivity contribution in [1.82, 2.24) is 0 Å². The summed E-state index contributed by atoms with van der Waals surface area (Å²) in [5.41, 5.74) is 0. The first-order valence-electron chi connectivity index (χ1n) is 10.00. The Bertz CT molecular complexity index is 410. The van der Waals surface area contributed by atoms with Gasteiger partial charge in [-0.25, -0.2) is 0 Å². The monoisotopic (exact) mass is 442 g/mol. The van der Waals surface area contributed by atoms with Crippen LogP contribution in [-0.4, -0.2) is 97.1 Å². The molecule has 0 saturated carbocycles. The molecule has 9 heteroatoms. The Kier molecular flexibility index (Phi) is 12.9. The molecule has 7 nitrogen and oxygen atoms in total. The summed E-state index contributed by atoms with van der Waals surface area (Å²) in [5.74, 6) is 1.67. The molecular weight excluding hydrogens is 404 g/mol. The van der Waals surface area contributed by atoms with Crippen molar-refractivity contribution < 1.29 is 35.4 Å². The van der Waals surface area contributed by atoms with E-state index in [1.54, 1.807) is 37.6 Å². The fourth-order valence-corrected chi connectivity index (χ4v) is 6.97. The van der Waals surface area contributed by atoms with Crippen LogP contribution in [0.3, 0.4) is 0 Å². The van der Waals surface area contributed by atoms with Gasteiger partial charge in [-0.1, -0.05) is 6.92 Å².